The number of nitrogens with zero attached hydrogens (tertiary/aromatic N) is 1. The normalized spacial score (nSPS) is 16.7. The van der Waals surface area contributed by atoms with Crippen LogP contribution in [-0.4, -0.2) is 15.3 Å². The minimum Gasteiger partial charge on any atom is -0.303 e. The monoisotopic (exact) mass is 356 g/mol. The van der Waals surface area contributed by atoms with Gasteiger partial charge in [0.2, 0.25) is 0 Å². The number of fused-ring (bicyclic) bond motifs is 1. The van der Waals surface area contributed by atoms with Crippen LogP contribution in [0.2, 0.25) is 0 Å². The van der Waals surface area contributed by atoms with E-state index in [1.165, 1.54) is 0 Å². The van der Waals surface area contributed by atoms with E-state index in [4.69, 9.17) is 0 Å². The molecule has 0 radical (unpaired) electrons. The van der Waals surface area contributed by atoms with E-state index in [0.29, 0.717) is 6.07 Å². The highest BCUT2D eigenvalue weighted by molar-refractivity contribution is 7.99. The van der Waals surface area contributed by atoms with Crippen molar-refractivity contribution < 1.29 is 13.2 Å². The second-order valence-electron chi connectivity index (χ2n) is 6.32. The molecule has 1 aromatic carbocycles. The Morgan fingerprint density at radius 3 is 2.54 bits per heavy atom. The molecule has 0 aliphatic carbocycles. The zero-order valence-electron chi connectivity index (χ0n) is 13.0. The summed E-state index contributed by atoms with van der Waals surface area (Å²) in [7, 11) is 0. The summed E-state index contributed by atoms with van der Waals surface area (Å²) in [6.07, 6.45) is -3.84. The summed E-state index contributed by atoms with van der Waals surface area (Å²) < 4.78 is 38.8. The molecule has 24 heavy (non-hydrogen) atoms. The summed E-state index contributed by atoms with van der Waals surface area (Å²) in [5.41, 5.74) is -2.32. The second-order valence-corrected chi connectivity index (χ2v) is 7.46. The van der Waals surface area contributed by atoms with Gasteiger partial charge in [-0.1, -0.05) is 13.8 Å². The average Bonchev–Trinajstić information content (AvgIpc) is 2.46. The van der Waals surface area contributed by atoms with Crippen LogP contribution in [0.25, 0.3) is 5.69 Å². The molecule has 0 atom stereocenters. The molecule has 1 N–H and O–H groups in total. The molecule has 0 fully saturated rings. The Morgan fingerprint density at radius 2 is 1.92 bits per heavy atom. The summed E-state index contributed by atoms with van der Waals surface area (Å²) in [5.74, 6) is 0.972. The molecule has 1 aromatic heterocycles. The van der Waals surface area contributed by atoms with Crippen LogP contribution in [0.1, 0.15) is 31.5 Å². The van der Waals surface area contributed by atoms with Gasteiger partial charge in [0.1, 0.15) is 5.69 Å². The molecule has 0 amide bonds. The van der Waals surface area contributed by atoms with E-state index in [-0.39, 0.29) is 11.1 Å². The smallest absolute Gasteiger partial charge is 0.303 e. The van der Waals surface area contributed by atoms with Crippen LogP contribution < -0.4 is 11.2 Å². The van der Waals surface area contributed by atoms with Crippen LogP contribution in [0, 0.1) is 0 Å². The SMILES string of the molecule is CC1(C)CCSc2ccc(-n3c(=O)cc(C(F)(F)F)[nH]c3=O)cc21. The maximum Gasteiger partial charge on any atom is 0.431 e. The Kier molecular flexibility index (Phi) is 3.90. The van der Waals surface area contributed by atoms with Gasteiger partial charge in [0.15, 0.2) is 0 Å². The lowest BCUT2D eigenvalue weighted by atomic mass is 9.81. The van der Waals surface area contributed by atoms with Gasteiger partial charge in [0, 0.05) is 11.0 Å². The molecule has 0 saturated carbocycles. The number of alkyl halides is 3. The number of aromatic amines is 1. The van der Waals surface area contributed by atoms with E-state index < -0.39 is 23.1 Å². The first-order valence-electron chi connectivity index (χ1n) is 7.31. The van der Waals surface area contributed by atoms with Gasteiger partial charge in [0.25, 0.3) is 5.56 Å². The molecule has 4 nitrogen and oxygen atoms in total. The van der Waals surface area contributed by atoms with Crippen LogP contribution in [-0.2, 0) is 11.6 Å². The third-order valence-corrected chi connectivity index (χ3v) is 5.25. The zero-order chi connectivity index (χ0) is 17.7. The molecule has 3 rings (SSSR count). The number of halogens is 3. The van der Waals surface area contributed by atoms with Gasteiger partial charge >= 0.3 is 11.9 Å². The molecule has 8 heteroatoms. The van der Waals surface area contributed by atoms with Gasteiger partial charge in [-0.25, -0.2) is 9.36 Å². The van der Waals surface area contributed by atoms with E-state index in [1.54, 1.807) is 34.9 Å². The number of hydrogen-bond donors (Lipinski definition) is 1. The highest BCUT2D eigenvalue weighted by Gasteiger charge is 2.33. The van der Waals surface area contributed by atoms with Crippen LogP contribution in [0.3, 0.4) is 0 Å². The first-order chi connectivity index (χ1) is 11.1. The maximum absolute atomic E-state index is 12.7. The van der Waals surface area contributed by atoms with Crippen molar-refractivity contribution >= 4 is 11.8 Å². The molecule has 0 bridgehead atoms. The van der Waals surface area contributed by atoms with Gasteiger partial charge in [-0.2, -0.15) is 13.2 Å². The number of H-pyrrole nitrogens is 1. The molecule has 2 heterocycles. The van der Waals surface area contributed by atoms with Crippen molar-refractivity contribution in [2.24, 2.45) is 0 Å². The highest BCUT2D eigenvalue weighted by atomic mass is 32.2. The molecular weight excluding hydrogens is 341 g/mol. The molecule has 1 aliphatic heterocycles. The Hall–Kier alpha value is -1.96. The minimum absolute atomic E-state index is 0.126. The number of rotatable bonds is 1. The van der Waals surface area contributed by atoms with Gasteiger partial charge in [-0.15, -0.1) is 11.8 Å². The van der Waals surface area contributed by atoms with Gasteiger partial charge in [0.05, 0.1) is 5.69 Å². The largest absolute Gasteiger partial charge is 0.431 e. The Bertz CT molecular complexity index is 882. The summed E-state index contributed by atoms with van der Waals surface area (Å²) in [6.45, 7) is 4.13. The summed E-state index contributed by atoms with van der Waals surface area (Å²) >= 11 is 1.69. The summed E-state index contributed by atoms with van der Waals surface area (Å²) in [5, 5.41) is 0. The van der Waals surface area contributed by atoms with Crippen molar-refractivity contribution in [2.45, 2.75) is 36.8 Å². The van der Waals surface area contributed by atoms with E-state index >= 15 is 0 Å². The van der Waals surface area contributed by atoms with E-state index in [0.717, 1.165) is 27.2 Å². The Labute approximate surface area is 139 Å². The predicted octanol–water partition coefficient (Wildman–Crippen LogP) is 3.32. The summed E-state index contributed by atoms with van der Waals surface area (Å²) in [4.78, 5) is 26.9. The average molecular weight is 356 g/mol. The van der Waals surface area contributed by atoms with Gasteiger partial charge in [-0.3, -0.25) is 4.79 Å². The van der Waals surface area contributed by atoms with Crippen molar-refractivity contribution in [3.05, 3.63) is 56.4 Å². The highest BCUT2D eigenvalue weighted by Crippen LogP contribution is 2.42. The first-order valence-corrected chi connectivity index (χ1v) is 8.29. The fourth-order valence-corrected chi connectivity index (χ4v) is 4.24. The predicted molar refractivity (Wildman–Crippen MR) is 86.0 cm³/mol. The molecule has 128 valence electrons. The van der Waals surface area contributed by atoms with Crippen molar-refractivity contribution in [3.63, 3.8) is 0 Å². The zero-order valence-corrected chi connectivity index (χ0v) is 13.8. The van der Waals surface area contributed by atoms with Crippen molar-refractivity contribution in [3.8, 4) is 5.69 Å². The number of aromatic nitrogens is 2. The van der Waals surface area contributed by atoms with Gasteiger partial charge < -0.3 is 4.98 Å². The van der Waals surface area contributed by atoms with E-state index in [9.17, 15) is 22.8 Å². The third kappa shape index (κ3) is 2.90. The lowest BCUT2D eigenvalue weighted by Gasteiger charge is -2.32. The second kappa shape index (κ2) is 5.54. The summed E-state index contributed by atoms with van der Waals surface area (Å²) in [6, 6.07) is 5.50. The molecule has 0 spiro atoms. The minimum atomic E-state index is -4.77. The van der Waals surface area contributed by atoms with Crippen LogP contribution in [0.4, 0.5) is 13.2 Å². The number of nitrogens with one attached hydrogen (secondary N) is 1. The van der Waals surface area contributed by atoms with E-state index in [2.05, 4.69) is 13.8 Å². The molecule has 0 unspecified atom stereocenters. The van der Waals surface area contributed by atoms with Gasteiger partial charge in [-0.05, 0) is 41.4 Å². The van der Waals surface area contributed by atoms with Crippen LogP contribution >= 0.6 is 11.8 Å². The molecule has 2 aromatic rings. The van der Waals surface area contributed by atoms with Crippen molar-refractivity contribution in [1.82, 2.24) is 9.55 Å². The molecule has 1 aliphatic rings. The third-order valence-electron chi connectivity index (χ3n) is 4.17. The van der Waals surface area contributed by atoms with Crippen LogP contribution in [0.5, 0.6) is 0 Å². The molecule has 0 saturated heterocycles. The van der Waals surface area contributed by atoms with Crippen LogP contribution in [0.15, 0.2) is 38.8 Å². The lowest BCUT2D eigenvalue weighted by molar-refractivity contribution is -0.141. The fourth-order valence-electron chi connectivity index (χ4n) is 2.76. The quantitative estimate of drug-likeness (QED) is 0.853. The molecular formula is C16H15F3N2O2S. The Balaban J connectivity index is 2.18. The van der Waals surface area contributed by atoms with E-state index in [1.807, 2.05) is 0 Å². The number of thioether (sulfide) groups is 1. The Morgan fingerprint density at radius 1 is 1.21 bits per heavy atom. The standard InChI is InChI=1S/C16H15F3N2O2S/c1-15(2)5-6-24-11-4-3-9(7-10(11)15)21-13(22)8-12(16(17,18)19)20-14(21)23/h3-4,7-8H,5-6H2,1-2H3,(H,20,23). The number of benzene rings is 1. The topological polar surface area (TPSA) is 54.9 Å². The lowest BCUT2D eigenvalue weighted by Crippen LogP contribution is -2.36. The van der Waals surface area contributed by atoms with Crippen molar-refractivity contribution in [1.29, 1.82) is 0 Å². The maximum atomic E-state index is 12.7. The first kappa shape index (κ1) is 16.9. The fraction of sp³-hybridized carbons (Fsp3) is 0.375. The number of hydrogen-bond acceptors (Lipinski definition) is 3. The van der Waals surface area contributed by atoms with Crippen molar-refractivity contribution in [2.75, 3.05) is 5.75 Å².